The Labute approximate surface area is 109 Å². The van der Waals surface area contributed by atoms with Gasteiger partial charge < -0.3 is 0 Å². The van der Waals surface area contributed by atoms with Crippen molar-refractivity contribution in [3.8, 4) is 0 Å². The molecule has 0 nitrogen and oxygen atoms in total. The average molecular weight is 339 g/mol. The molecule has 1 atom stereocenters. The summed E-state index contributed by atoms with van der Waals surface area (Å²) in [7, 11) is 0. The first-order valence-electron chi connectivity index (χ1n) is 3.80. The van der Waals surface area contributed by atoms with E-state index in [1.807, 2.05) is 6.92 Å². The van der Waals surface area contributed by atoms with Gasteiger partial charge in [-0.05, 0) is 18.0 Å². The molecule has 0 fully saturated rings. The predicted octanol–water partition coefficient (Wildman–Crippen LogP) is 5.47. The van der Waals surface area contributed by atoms with Gasteiger partial charge in [0.15, 0.2) is 0 Å². The molecule has 0 saturated carbocycles. The lowest BCUT2D eigenvalue weighted by atomic mass is 10.3. The molecule has 1 unspecified atom stereocenters. The predicted molar refractivity (Wildman–Crippen MR) is 70.1 cm³/mol. The van der Waals surface area contributed by atoms with Crippen LogP contribution in [0.25, 0.3) is 0 Å². The van der Waals surface area contributed by atoms with E-state index in [1.54, 1.807) is 0 Å². The van der Waals surface area contributed by atoms with Gasteiger partial charge in [-0.25, -0.2) is 0 Å². The maximum absolute atomic E-state index is 5.90. The Hall–Kier alpha value is 2.17. The SMILES string of the molecule is CCCC(C[Si](Cl)(Cl)Cl)[Si](Cl)(Cl)Cl. The van der Waals surface area contributed by atoms with Crippen LogP contribution in [-0.2, 0) is 0 Å². The molecule has 80 valence electrons. The van der Waals surface area contributed by atoms with E-state index in [9.17, 15) is 0 Å². The fourth-order valence-electron chi connectivity index (χ4n) is 1.01. The molecule has 0 aliphatic carbocycles. The largest absolute Gasteiger partial charge is 0.344 e. The fraction of sp³-hybridized carbons (Fsp3) is 1.00. The Morgan fingerprint density at radius 3 is 1.69 bits per heavy atom. The molecular weight excluding hydrogens is 329 g/mol. The van der Waals surface area contributed by atoms with Crippen molar-refractivity contribution in [2.75, 3.05) is 0 Å². The zero-order chi connectivity index (χ0) is 10.7. The molecule has 0 aliphatic heterocycles. The van der Waals surface area contributed by atoms with Crippen LogP contribution in [0.15, 0.2) is 0 Å². The highest BCUT2D eigenvalue weighted by molar-refractivity contribution is 7.67. The molecule has 0 aromatic heterocycles. The van der Waals surface area contributed by atoms with Crippen LogP contribution in [0, 0.1) is 0 Å². The lowest BCUT2D eigenvalue weighted by Gasteiger charge is -2.23. The molecule has 0 aromatic carbocycles. The van der Waals surface area contributed by atoms with E-state index in [0.29, 0.717) is 6.04 Å². The second kappa shape index (κ2) is 6.04. The van der Waals surface area contributed by atoms with Gasteiger partial charge in [-0.3, -0.25) is 0 Å². The molecule has 13 heavy (non-hydrogen) atoms. The van der Waals surface area contributed by atoms with Crippen LogP contribution in [-0.4, -0.2) is 12.0 Å². The van der Waals surface area contributed by atoms with Crippen molar-refractivity contribution in [1.82, 2.24) is 0 Å². The van der Waals surface area contributed by atoms with Gasteiger partial charge in [-0.2, -0.15) is 0 Å². The summed E-state index contributed by atoms with van der Waals surface area (Å²) >= 11 is 35.1. The van der Waals surface area contributed by atoms with Gasteiger partial charge in [0.2, 0.25) is 0 Å². The summed E-state index contributed by atoms with van der Waals surface area (Å²) in [5.41, 5.74) is -0.0262. The molecule has 0 spiro atoms. The van der Waals surface area contributed by atoms with Crippen molar-refractivity contribution in [2.24, 2.45) is 0 Å². The molecular formula is C5H10Cl6Si2. The number of rotatable bonds is 5. The summed E-state index contributed by atoms with van der Waals surface area (Å²) in [6.07, 6.45) is 1.77. The third kappa shape index (κ3) is 8.03. The van der Waals surface area contributed by atoms with Gasteiger partial charge in [0.25, 0.3) is 0 Å². The van der Waals surface area contributed by atoms with Crippen molar-refractivity contribution in [3.63, 3.8) is 0 Å². The molecule has 0 heterocycles. The van der Waals surface area contributed by atoms with Gasteiger partial charge in [-0.15, -0.1) is 66.5 Å². The van der Waals surface area contributed by atoms with Crippen LogP contribution in [0.2, 0.25) is 11.6 Å². The minimum atomic E-state index is -2.72. The lowest BCUT2D eigenvalue weighted by Crippen LogP contribution is -2.25. The van der Waals surface area contributed by atoms with Gasteiger partial charge in [0.05, 0.1) is 0 Å². The van der Waals surface area contributed by atoms with Gasteiger partial charge in [-0.1, -0.05) is 13.3 Å². The molecule has 8 heteroatoms. The highest BCUT2D eigenvalue weighted by Gasteiger charge is 2.42. The summed E-state index contributed by atoms with van der Waals surface area (Å²) < 4.78 is 0. The van der Waals surface area contributed by atoms with Gasteiger partial charge in [0.1, 0.15) is 0 Å². The quantitative estimate of drug-likeness (QED) is 0.460. The maximum Gasteiger partial charge on any atom is 0.344 e. The summed E-state index contributed by atoms with van der Waals surface area (Å²) in [5, 5.41) is 0. The Kier molecular flexibility index (Phi) is 7.05. The molecule has 0 bridgehead atoms. The fourth-order valence-corrected chi connectivity index (χ4v) is 10.1. The second-order valence-electron chi connectivity index (χ2n) is 2.85. The third-order valence-corrected chi connectivity index (χ3v) is 8.53. The van der Waals surface area contributed by atoms with Crippen molar-refractivity contribution in [1.29, 1.82) is 0 Å². The van der Waals surface area contributed by atoms with Crippen molar-refractivity contribution in [2.45, 2.75) is 31.4 Å². The summed E-state index contributed by atoms with van der Waals surface area (Å²) in [6, 6.07) is -4.94. The molecule has 0 saturated heterocycles. The van der Waals surface area contributed by atoms with Crippen LogP contribution >= 0.6 is 66.5 Å². The molecule has 0 N–H and O–H groups in total. The Bertz CT molecular complexity index is 150. The minimum absolute atomic E-state index is 0.0262. The first-order valence-corrected chi connectivity index (χ1v) is 14.2. The van der Waals surface area contributed by atoms with Crippen molar-refractivity contribution >= 4 is 78.5 Å². The smallest absolute Gasteiger partial charge is 0.126 e. The monoisotopic (exact) mass is 336 g/mol. The van der Waals surface area contributed by atoms with Crippen LogP contribution < -0.4 is 0 Å². The van der Waals surface area contributed by atoms with Crippen molar-refractivity contribution in [3.05, 3.63) is 0 Å². The van der Waals surface area contributed by atoms with E-state index in [1.165, 1.54) is 0 Å². The zero-order valence-electron chi connectivity index (χ0n) is 6.97. The van der Waals surface area contributed by atoms with Crippen LogP contribution in [0.3, 0.4) is 0 Å². The van der Waals surface area contributed by atoms with E-state index in [-0.39, 0.29) is 5.54 Å². The van der Waals surface area contributed by atoms with Crippen molar-refractivity contribution < 1.29 is 0 Å². The van der Waals surface area contributed by atoms with Crippen LogP contribution in [0.1, 0.15) is 19.8 Å². The number of hydrogen-bond donors (Lipinski definition) is 0. The molecule has 0 aromatic rings. The number of halogens is 6. The second-order valence-corrected chi connectivity index (χ2v) is 21.0. The molecule has 0 aliphatic rings. The summed E-state index contributed by atoms with van der Waals surface area (Å²) in [4.78, 5) is 0. The Morgan fingerprint density at radius 2 is 1.46 bits per heavy atom. The first kappa shape index (κ1) is 15.2. The van der Waals surface area contributed by atoms with E-state index >= 15 is 0 Å². The molecule has 0 rings (SSSR count). The van der Waals surface area contributed by atoms with Gasteiger partial charge >= 0.3 is 12.0 Å². The zero-order valence-corrected chi connectivity index (χ0v) is 13.5. The van der Waals surface area contributed by atoms with Crippen LogP contribution in [0.5, 0.6) is 0 Å². The number of hydrogen-bond acceptors (Lipinski definition) is 0. The topological polar surface area (TPSA) is 0 Å². The highest BCUT2D eigenvalue weighted by Crippen LogP contribution is 2.45. The summed E-state index contributed by atoms with van der Waals surface area (Å²) in [5.74, 6) is 0. The van der Waals surface area contributed by atoms with Gasteiger partial charge in [0, 0.05) is 0 Å². The standard InChI is InChI=1S/C5H10Cl6Si2/c1-2-3-5(13(9,10)11)4-12(6,7)8/h5H,2-4H2,1H3. The Balaban J connectivity index is 4.27. The van der Waals surface area contributed by atoms with E-state index in [2.05, 4.69) is 0 Å². The maximum atomic E-state index is 5.90. The lowest BCUT2D eigenvalue weighted by molar-refractivity contribution is 0.759. The highest BCUT2D eigenvalue weighted by atomic mass is 35.8. The van der Waals surface area contributed by atoms with E-state index < -0.39 is 12.0 Å². The normalized spacial score (nSPS) is 15.9. The molecule has 0 radical (unpaired) electrons. The van der Waals surface area contributed by atoms with Crippen LogP contribution in [0.4, 0.5) is 0 Å². The first-order chi connectivity index (χ1) is 5.67. The Morgan fingerprint density at radius 1 is 1.00 bits per heavy atom. The third-order valence-electron chi connectivity index (χ3n) is 1.58. The van der Waals surface area contributed by atoms with E-state index in [0.717, 1.165) is 12.8 Å². The minimum Gasteiger partial charge on any atom is -0.126 e. The molecule has 0 amide bonds. The average Bonchev–Trinajstić information content (AvgIpc) is 1.81. The summed E-state index contributed by atoms with van der Waals surface area (Å²) in [6.45, 7) is 2.03. The van der Waals surface area contributed by atoms with E-state index in [4.69, 9.17) is 66.5 Å².